The molecule has 0 radical (unpaired) electrons. The molecule has 0 aromatic rings. The number of hydrogen-bond donors (Lipinski definition) is 1. The zero-order valence-corrected chi connectivity index (χ0v) is 8.37. The first kappa shape index (κ1) is 11.2. The van der Waals surface area contributed by atoms with Gasteiger partial charge in [0.15, 0.2) is 0 Å². The molecule has 0 fully saturated rings. The number of rotatable bonds is 5. The third-order valence-corrected chi connectivity index (χ3v) is 2.91. The van der Waals surface area contributed by atoms with Gasteiger partial charge in [-0.1, -0.05) is 13.8 Å². The van der Waals surface area contributed by atoms with Crippen LogP contribution in [0.3, 0.4) is 0 Å². The molecule has 0 atom stereocenters. The van der Waals surface area contributed by atoms with E-state index in [9.17, 15) is 8.42 Å². The molecule has 0 spiro atoms. The van der Waals surface area contributed by atoms with Gasteiger partial charge in [0, 0.05) is 12.4 Å². The molecule has 1 N–H and O–H groups in total. The van der Waals surface area contributed by atoms with Gasteiger partial charge in [0.05, 0.1) is 5.75 Å². The normalized spacial score (nSPS) is 12.4. The van der Waals surface area contributed by atoms with E-state index in [1.807, 2.05) is 13.8 Å². The number of halogens is 1. The molecular weight excluding hydrogens is 186 g/mol. The Morgan fingerprint density at radius 2 is 2.00 bits per heavy atom. The lowest BCUT2D eigenvalue weighted by Gasteiger charge is -2.06. The van der Waals surface area contributed by atoms with Crippen molar-refractivity contribution in [2.45, 2.75) is 13.8 Å². The lowest BCUT2D eigenvalue weighted by atomic mass is 10.3. The maximum Gasteiger partial charge on any atom is 0.211 e. The van der Waals surface area contributed by atoms with Crippen molar-refractivity contribution in [3.63, 3.8) is 0 Å². The molecule has 5 heteroatoms. The molecule has 0 saturated heterocycles. The third-order valence-electron chi connectivity index (χ3n) is 0.969. The molecule has 0 aromatic carbocycles. The predicted octanol–water partition coefficient (Wildman–Crippen LogP) is 0.801. The fourth-order valence-corrected chi connectivity index (χ4v) is 2.31. The Balaban J connectivity index is 3.82. The van der Waals surface area contributed by atoms with Gasteiger partial charge in [-0.15, -0.1) is 11.6 Å². The van der Waals surface area contributed by atoms with Crippen molar-refractivity contribution < 1.29 is 8.42 Å². The number of sulfonamides is 1. The maximum atomic E-state index is 11.0. The minimum Gasteiger partial charge on any atom is -0.214 e. The van der Waals surface area contributed by atoms with Crippen LogP contribution in [0.25, 0.3) is 0 Å². The summed E-state index contributed by atoms with van der Waals surface area (Å²) in [5.41, 5.74) is 0. The van der Waals surface area contributed by atoms with E-state index in [1.54, 1.807) is 0 Å². The van der Waals surface area contributed by atoms with Crippen LogP contribution in [0.5, 0.6) is 0 Å². The predicted molar refractivity (Wildman–Crippen MR) is 47.3 cm³/mol. The van der Waals surface area contributed by atoms with Crippen LogP contribution in [-0.2, 0) is 10.0 Å². The number of hydrogen-bond acceptors (Lipinski definition) is 2. The second-order valence-corrected chi connectivity index (χ2v) is 4.99. The third kappa shape index (κ3) is 6.59. The molecule has 11 heavy (non-hydrogen) atoms. The molecule has 3 nitrogen and oxygen atoms in total. The standard InChI is InChI=1S/C6H14ClNO2S/c1-6(2)5-11(9,10)8-4-3-7/h6,8H,3-5H2,1-2H3. The van der Waals surface area contributed by atoms with Crippen molar-refractivity contribution in [3.8, 4) is 0 Å². The van der Waals surface area contributed by atoms with Crippen LogP contribution in [-0.4, -0.2) is 26.6 Å². The molecule has 0 saturated carbocycles. The van der Waals surface area contributed by atoms with E-state index in [0.29, 0.717) is 12.4 Å². The average molecular weight is 200 g/mol. The highest BCUT2D eigenvalue weighted by molar-refractivity contribution is 7.89. The minimum absolute atomic E-state index is 0.155. The molecule has 0 heterocycles. The van der Waals surface area contributed by atoms with Crippen molar-refractivity contribution in [1.82, 2.24) is 4.72 Å². The van der Waals surface area contributed by atoms with E-state index in [4.69, 9.17) is 11.6 Å². The Morgan fingerprint density at radius 3 is 2.36 bits per heavy atom. The van der Waals surface area contributed by atoms with Crippen LogP contribution in [0.15, 0.2) is 0 Å². The fourth-order valence-electron chi connectivity index (χ4n) is 0.692. The van der Waals surface area contributed by atoms with Crippen molar-refractivity contribution in [1.29, 1.82) is 0 Å². The molecule has 0 aliphatic rings. The van der Waals surface area contributed by atoms with Crippen molar-refractivity contribution in [2.24, 2.45) is 5.92 Å². The van der Waals surface area contributed by atoms with E-state index >= 15 is 0 Å². The summed E-state index contributed by atoms with van der Waals surface area (Å²) < 4.78 is 24.4. The van der Waals surface area contributed by atoms with Crippen molar-refractivity contribution >= 4 is 21.6 Å². The highest BCUT2D eigenvalue weighted by Gasteiger charge is 2.10. The van der Waals surface area contributed by atoms with Gasteiger partial charge < -0.3 is 0 Å². The molecule has 0 aromatic heterocycles. The van der Waals surface area contributed by atoms with Crippen LogP contribution in [0.1, 0.15) is 13.8 Å². The van der Waals surface area contributed by atoms with Gasteiger partial charge in [-0.25, -0.2) is 13.1 Å². The molecule has 0 amide bonds. The topological polar surface area (TPSA) is 46.2 Å². The first-order valence-corrected chi connectivity index (χ1v) is 5.70. The van der Waals surface area contributed by atoms with Crippen LogP contribution < -0.4 is 4.72 Å². The van der Waals surface area contributed by atoms with E-state index in [0.717, 1.165) is 0 Å². The van der Waals surface area contributed by atoms with Crippen LogP contribution in [0, 0.1) is 5.92 Å². The largest absolute Gasteiger partial charge is 0.214 e. The van der Waals surface area contributed by atoms with Gasteiger partial charge in [-0.2, -0.15) is 0 Å². The van der Waals surface area contributed by atoms with Gasteiger partial charge in [-0.3, -0.25) is 0 Å². The molecule has 0 aliphatic carbocycles. The van der Waals surface area contributed by atoms with E-state index in [-0.39, 0.29) is 11.7 Å². The molecular formula is C6H14ClNO2S. The molecule has 68 valence electrons. The highest BCUT2D eigenvalue weighted by Crippen LogP contribution is 1.96. The first-order valence-electron chi connectivity index (χ1n) is 3.51. The van der Waals surface area contributed by atoms with Gasteiger partial charge in [0.2, 0.25) is 10.0 Å². The summed E-state index contributed by atoms with van der Waals surface area (Å²) in [6.07, 6.45) is 0. The maximum absolute atomic E-state index is 11.0. The SMILES string of the molecule is CC(C)CS(=O)(=O)NCCCl. The van der Waals surface area contributed by atoms with Gasteiger partial charge in [0.25, 0.3) is 0 Å². The minimum atomic E-state index is -3.08. The van der Waals surface area contributed by atoms with Crippen LogP contribution in [0.2, 0.25) is 0 Å². The molecule has 0 aliphatic heterocycles. The van der Waals surface area contributed by atoms with Crippen LogP contribution in [0.4, 0.5) is 0 Å². The molecule has 0 rings (SSSR count). The second-order valence-electron chi connectivity index (χ2n) is 2.76. The Bertz CT molecular complexity index is 189. The summed E-state index contributed by atoms with van der Waals surface area (Å²) in [6.45, 7) is 4.04. The fraction of sp³-hybridized carbons (Fsp3) is 1.00. The smallest absolute Gasteiger partial charge is 0.211 e. The Labute approximate surface area is 73.2 Å². The lowest BCUT2D eigenvalue weighted by Crippen LogP contribution is -2.29. The quantitative estimate of drug-likeness (QED) is 0.666. The Morgan fingerprint density at radius 1 is 1.45 bits per heavy atom. The summed E-state index contributed by atoms with van der Waals surface area (Å²) in [7, 11) is -3.08. The number of nitrogens with one attached hydrogen (secondary N) is 1. The molecule has 0 bridgehead atoms. The Hall–Kier alpha value is 0.200. The summed E-state index contributed by atoms with van der Waals surface area (Å²) in [5, 5.41) is 0. The second kappa shape index (κ2) is 4.95. The first-order chi connectivity index (χ1) is 4.98. The summed E-state index contributed by atoms with van der Waals surface area (Å²) in [4.78, 5) is 0. The summed E-state index contributed by atoms with van der Waals surface area (Å²) in [5.74, 6) is 0.643. The zero-order chi connectivity index (χ0) is 8.91. The lowest BCUT2D eigenvalue weighted by molar-refractivity contribution is 0.570. The van der Waals surface area contributed by atoms with Crippen molar-refractivity contribution in [3.05, 3.63) is 0 Å². The van der Waals surface area contributed by atoms with Crippen molar-refractivity contribution in [2.75, 3.05) is 18.2 Å². The number of alkyl halides is 1. The monoisotopic (exact) mass is 199 g/mol. The molecule has 0 unspecified atom stereocenters. The zero-order valence-electron chi connectivity index (χ0n) is 6.80. The Kier molecular flexibility index (Phi) is 5.04. The van der Waals surface area contributed by atoms with Gasteiger partial charge in [-0.05, 0) is 5.92 Å². The van der Waals surface area contributed by atoms with E-state index < -0.39 is 10.0 Å². The van der Waals surface area contributed by atoms with Gasteiger partial charge >= 0.3 is 0 Å². The summed E-state index contributed by atoms with van der Waals surface area (Å²) >= 11 is 5.32. The van der Waals surface area contributed by atoms with Gasteiger partial charge in [0.1, 0.15) is 0 Å². The van der Waals surface area contributed by atoms with E-state index in [2.05, 4.69) is 4.72 Å². The summed E-state index contributed by atoms with van der Waals surface area (Å²) in [6, 6.07) is 0. The highest BCUT2D eigenvalue weighted by atomic mass is 35.5. The average Bonchev–Trinajstić information content (AvgIpc) is 1.81. The van der Waals surface area contributed by atoms with Crippen LogP contribution >= 0.6 is 11.6 Å². The van der Waals surface area contributed by atoms with E-state index in [1.165, 1.54) is 0 Å².